The Hall–Kier alpha value is -6.17. The van der Waals surface area contributed by atoms with E-state index in [0.29, 0.717) is 29.1 Å². The number of rotatable bonds is 11. The van der Waals surface area contributed by atoms with Gasteiger partial charge in [-0.05, 0) is 109 Å². The lowest BCUT2D eigenvalue weighted by Gasteiger charge is -2.37. The number of aromatic nitrogens is 2. The topological polar surface area (TPSA) is 153 Å². The molecule has 12 nitrogen and oxygen atoms in total. The normalized spacial score (nSPS) is 18.1. The minimum Gasteiger partial charge on any atom is -0.493 e. The number of benzene rings is 3. The number of carboxylic acid groups (broad SMARTS) is 1. The van der Waals surface area contributed by atoms with Gasteiger partial charge in [0.25, 0.3) is 5.91 Å². The van der Waals surface area contributed by atoms with Crippen LogP contribution in [-0.4, -0.2) is 63.1 Å². The fourth-order valence-corrected chi connectivity index (χ4v) is 8.45. The predicted octanol–water partition coefficient (Wildman–Crippen LogP) is 7.82. The number of oxazole rings is 1. The fourth-order valence-electron chi connectivity index (χ4n) is 8.45. The Morgan fingerprint density at radius 2 is 1.68 bits per heavy atom. The summed E-state index contributed by atoms with van der Waals surface area (Å²) in [7, 11) is 0. The number of fused-ring (bicyclic) bond motifs is 2. The minimum atomic E-state index is -1.25. The molecule has 3 aliphatic rings. The minimum absolute atomic E-state index is 0.0463. The first-order valence-corrected chi connectivity index (χ1v) is 20.5. The van der Waals surface area contributed by atoms with E-state index in [9.17, 15) is 19.5 Å². The summed E-state index contributed by atoms with van der Waals surface area (Å²) in [6, 6.07) is 19.0. The van der Waals surface area contributed by atoms with E-state index in [1.165, 1.54) is 37.0 Å². The molecule has 8 rings (SSSR count). The number of hydrogen-bond acceptors (Lipinski definition) is 9. The maximum atomic E-state index is 14.2. The molecule has 2 amide bonds. The summed E-state index contributed by atoms with van der Waals surface area (Å²) in [6.07, 6.45) is 7.90. The zero-order valence-electron chi connectivity index (χ0n) is 34.0. The first-order chi connectivity index (χ1) is 28.5. The molecule has 2 aromatic heterocycles. The Bertz CT molecular complexity index is 2350. The molecular formula is C47H50N4O8. The maximum Gasteiger partial charge on any atom is 0.326 e. The van der Waals surface area contributed by atoms with E-state index in [0.717, 1.165) is 57.0 Å². The lowest BCUT2D eigenvalue weighted by Crippen LogP contribution is -2.56. The van der Waals surface area contributed by atoms with Gasteiger partial charge in [0, 0.05) is 38.2 Å². The number of carboxylic acids is 1. The monoisotopic (exact) mass is 798 g/mol. The molecule has 2 aliphatic heterocycles. The standard InChI is InChI=1S/C47H50N4O8/c1-27-28(2)48-19-18-38(27)33-12-10-31(11-13-33)20-39(47(54)55)50-45(52)40-21-35-22-41-42(23-36(35)24-51(40)46(53)44-29(3)58-30(4)49-44)59-43(26-57-41)34-14-16-37(17-15-34)56-25-32-8-6-5-7-9-32/h10-19,22-23,32,39-40,43H,5-9,20-21,24-26H2,1-4H3,(H,50,52)(H,54,55)/t39-,40-,43+/m0/s1. The summed E-state index contributed by atoms with van der Waals surface area (Å²) in [5, 5.41) is 13.0. The van der Waals surface area contributed by atoms with E-state index in [1.54, 1.807) is 20.0 Å². The van der Waals surface area contributed by atoms with Crippen molar-refractivity contribution in [3.05, 3.63) is 124 Å². The fraction of sp³-hybridized carbons (Fsp3) is 0.383. The molecular weight excluding hydrogens is 749 g/mol. The summed E-state index contributed by atoms with van der Waals surface area (Å²) in [5.41, 5.74) is 7.40. The van der Waals surface area contributed by atoms with E-state index >= 15 is 0 Å². The molecule has 0 saturated heterocycles. The highest BCUT2D eigenvalue weighted by molar-refractivity contribution is 5.98. The number of aliphatic carboxylic acids is 1. The van der Waals surface area contributed by atoms with Crippen molar-refractivity contribution in [3.63, 3.8) is 0 Å². The van der Waals surface area contributed by atoms with Crippen LogP contribution in [0.5, 0.6) is 17.2 Å². The number of aryl methyl sites for hydroxylation is 3. The average Bonchev–Trinajstić information content (AvgIpc) is 3.59. The van der Waals surface area contributed by atoms with Gasteiger partial charge in [-0.3, -0.25) is 14.6 Å². The SMILES string of the molecule is Cc1nc(C(=O)N2Cc3cc4c(cc3C[C@H]2C(=O)N[C@@H](Cc2ccc(-c3ccnc(C)c3C)cc2)C(=O)O)OC[C@H](c2ccc(OCC3CCCCC3)cc2)O4)c(C)o1. The van der Waals surface area contributed by atoms with E-state index in [2.05, 4.69) is 15.3 Å². The Labute approximate surface area is 343 Å². The van der Waals surface area contributed by atoms with Crippen molar-refractivity contribution in [2.75, 3.05) is 13.2 Å². The number of nitrogens with zero attached hydrogens (tertiary/aromatic N) is 3. The molecule has 0 bridgehead atoms. The van der Waals surface area contributed by atoms with Crippen molar-refractivity contribution in [2.45, 2.75) is 97.4 Å². The largest absolute Gasteiger partial charge is 0.493 e. The number of pyridine rings is 1. The van der Waals surface area contributed by atoms with Crippen LogP contribution in [0.15, 0.2) is 77.3 Å². The van der Waals surface area contributed by atoms with E-state index in [-0.39, 0.29) is 37.8 Å². The molecule has 1 fully saturated rings. The van der Waals surface area contributed by atoms with Crippen LogP contribution in [0.2, 0.25) is 0 Å². The van der Waals surface area contributed by atoms with Crippen molar-refractivity contribution in [2.24, 2.45) is 5.92 Å². The third-order valence-electron chi connectivity index (χ3n) is 12.0. The van der Waals surface area contributed by atoms with Crippen molar-refractivity contribution in [1.82, 2.24) is 20.2 Å². The molecule has 0 radical (unpaired) electrons. The molecule has 4 heterocycles. The summed E-state index contributed by atoms with van der Waals surface area (Å²) in [5.74, 6) is 0.914. The Kier molecular flexibility index (Phi) is 11.4. The highest BCUT2D eigenvalue weighted by Gasteiger charge is 2.39. The molecule has 2 N–H and O–H groups in total. The molecule has 0 unspecified atom stereocenters. The van der Waals surface area contributed by atoms with Gasteiger partial charge in [-0.2, -0.15) is 0 Å². The Morgan fingerprint density at radius 3 is 2.39 bits per heavy atom. The maximum absolute atomic E-state index is 14.2. The molecule has 3 atom stereocenters. The van der Waals surface area contributed by atoms with Crippen molar-refractivity contribution < 1.29 is 38.1 Å². The van der Waals surface area contributed by atoms with Gasteiger partial charge in [0.05, 0.1) is 6.61 Å². The molecule has 1 saturated carbocycles. The zero-order chi connectivity index (χ0) is 41.2. The van der Waals surface area contributed by atoms with E-state index in [4.69, 9.17) is 18.6 Å². The van der Waals surface area contributed by atoms with Gasteiger partial charge in [-0.25, -0.2) is 9.78 Å². The number of carbonyl (C=O) groups excluding carboxylic acids is 2. The number of hydrogen-bond donors (Lipinski definition) is 2. The van der Waals surface area contributed by atoms with Crippen LogP contribution in [0.25, 0.3) is 11.1 Å². The number of carbonyl (C=O) groups is 3. The molecule has 5 aromatic rings. The zero-order valence-corrected chi connectivity index (χ0v) is 34.0. The van der Waals surface area contributed by atoms with Crippen LogP contribution in [0.3, 0.4) is 0 Å². The molecule has 59 heavy (non-hydrogen) atoms. The first-order valence-electron chi connectivity index (χ1n) is 20.5. The first kappa shape index (κ1) is 39.6. The van der Waals surface area contributed by atoms with Crippen LogP contribution in [0.1, 0.15) is 93.9 Å². The molecule has 0 spiro atoms. The summed E-state index contributed by atoms with van der Waals surface area (Å²) >= 11 is 0. The smallest absolute Gasteiger partial charge is 0.326 e. The van der Waals surface area contributed by atoms with Gasteiger partial charge < -0.3 is 34.0 Å². The Morgan fingerprint density at radius 1 is 0.932 bits per heavy atom. The third kappa shape index (κ3) is 8.67. The highest BCUT2D eigenvalue weighted by atomic mass is 16.6. The molecule has 12 heteroatoms. The van der Waals surface area contributed by atoms with Crippen LogP contribution < -0.4 is 19.5 Å². The van der Waals surface area contributed by atoms with Crippen molar-refractivity contribution in [1.29, 1.82) is 0 Å². The van der Waals surface area contributed by atoms with E-state index < -0.39 is 29.9 Å². The summed E-state index contributed by atoms with van der Waals surface area (Å²) < 4.78 is 24.4. The predicted molar refractivity (Wildman–Crippen MR) is 220 cm³/mol. The number of amides is 2. The highest BCUT2D eigenvalue weighted by Crippen LogP contribution is 2.41. The summed E-state index contributed by atoms with van der Waals surface area (Å²) in [6.45, 7) is 8.36. The van der Waals surface area contributed by atoms with Crippen LogP contribution in [0, 0.1) is 33.6 Å². The summed E-state index contributed by atoms with van der Waals surface area (Å²) in [4.78, 5) is 51.1. The average molecular weight is 799 g/mol. The second-order valence-corrected chi connectivity index (χ2v) is 16.0. The lowest BCUT2D eigenvalue weighted by atomic mass is 9.90. The van der Waals surface area contributed by atoms with Gasteiger partial charge in [0.1, 0.15) is 30.2 Å². The van der Waals surface area contributed by atoms with Crippen molar-refractivity contribution in [3.8, 4) is 28.4 Å². The molecule has 3 aromatic carbocycles. The van der Waals surface area contributed by atoms with Gasteiger partial charge in [-0.1, -0.05) is 55.7 Å². The number of nitrogens with one attached hydrogen (secondary N) is 1. The van der Waals surface area contributed by atoms with Crippen LogP contribution >= 0.6 is 0 Å². The second kappa shape index (κ2) is 17.0. The second-order valence-electron chi connectivity index (χ2n) is 16.0. The van der Waals surface area contributed by atoms with Gasteiger partial charge >= 0.3 is 5.97 Å². The quantitative estimate of drug-likeness (QED) is 0.135. The van der Waals surface area contributed by atoms with Crippen LogP contribution in [-0.2, 0) is 29.0 Å². The van der Waals surface area contributed by atoms with Gasteiger partial charge in [0.2, 0.25) is 5.91 Å². The lowest BCUT2D eigenvalue weighted by molar-refractivity contribution is -0.142. The van der Waals surface area contributed by atoms with E-state index in [1.807, 2.05) is 80.6 Å². The van der Waals surface area contributed by atoms with Gasteiger partial charge in [-0.15, -0.1) is 0 Å². The Balaban J connectivity index is 0.994. The van der Waals surface area contributed by atoms with Crippen molar-refractivity contribution >= 4 is 17.8 Å². The number of ether oxygens (including phenoxy) is 3. The molecule has 1 aliphatic carbocycles. The third-order valence-corrected chi connectivity index (χ3v) is 12.0. The molecule has 306 valence electrons. The van der Waals surface area contributed by atoms with Gasteiger partial charge in [0.15, 0.2) is 29.2 Å². The van der Waals surface area contributed by atoms with Crippen LogP contribution in [0.4, 0.5) is 0 Å².